The number of para-hydroxylation sites is 2. The number of nitrogens with two attached hydrogens (primary N) is 1. The molecule has 1 aromatic rings. The Morgan fingerprint density at radius 3 is 2.70 bits per heavy atom. The highest BCUT2D eigenvalue weighted by Gasteiger charge is 2.21. The molecule has 1 saturated heterocycles. The highest BCUT2D eigenvalue weighted by molar-refractivity contribution is 5.39. The summed E-state index contributed by atoms with van der Waals surface area (Å²) in [7, 11) is 0. The van der Waals surface area contributed by atoms with Crippen LogP contribution in [0, 0.1) is 5.92 Å². The Kier molecular flexibility index (Phi) is 6.15. The average Bonchev–Trinajstić information content (AvgIpc) is 2.89. The molecule has 0 amide bonds. The van der Waals surface area contributed by atoms with Crippen LogP contribution in [0.3, 0.4) is 0 Å². The SMILES string of the molecule is CCOc1ccccc1OCCN1CCC(CCN)C1. The molecule has 2 N–H and O–H groups in total. The van der Waals surface area contributed by atoms with Gasteiger partial charge in [0.2, 0.25) is 0 Å². The minimum atomic E-state index is 0.660. The topological polar surface area (TPSA) is 47.7 Å². The molecule has 0 aliphatic carbocycles. The molecule has 0 aromatic heterocycles. The smallest absolute Gasteiger partial charge is 0.161 e. The zero-order valence-electron chi connectivity index (χ0n) is 12.4. The summed E-state index contributed by atoms with van der Waals surface area (Å²) >= 11 is 0. The summed E-state index contributed by atoms with van der Waals surface area (Å²) in [6, 6.07) is 7.86. The van der Waals surface area contributed by atoms with E-state index >= 15 is 0 Å². The van der Waals surface area contributed by atoms with E-state index in [9.17, 15) is 0 Å². The van der Waals surface area contributed by atoms with Crippen LogP contribution in [0.2, 0.25) is 0 Å². The largest absolute Gasteiger partial charge is 0.490 e. The van der Waals surface area contributed by atoms with Gasteiger partial charge in [0.1, 0.15) is 6.61 Å². The van der Waals surface area contributed by atoms with Crippen molar-refractivity contribution in [1.29, 1.82) is 0 Å². The standard InChI is InChI=1S/C16H26N2O2/c1-2-19-15-5-3-4-6-16(15)20-12-11-18-10-8-14(13-18)7-9-17/h3-6,14H,2,7-13,17H2,1H3. The molecule has 4 nitrogen and oxygen atoms in total. The lowest BCUT2D eigenvalue weighted by molar-refractivity contribution is 0.222. The number of ether oxygens (including phenoxy) is 2. The molecule has 1 heterocycles. The fourth-order valence-corrected chi connectivity index (χ4v) is 2.72. The Morgan fingerprint density at radius 1 is 1.25 bits per heavy atom. The molecular weight excluding hydrogens is 252 g/mol. The first-order chi connectivity index (χ1) is 9.83. The van der Waals surface area contributed by atoms with Gasteiger partial charge < -0.3 is 15.2 Å². The van der Waals surface area contributed by atoms with E-state index in [0.29, 0.717) is 13.2 Å². The lowest BCUT2D eigenvalue weighted by Gasteiger charge is -2.17. The lowest BCUT2D eigenvalue weighted by Crippen LogP contribution is -2.26. The second-order valence-corrected chi connectivity index (χ2v) is 5.26. The zero-order valence-corrected chi connectivity index (χ0v) is 12.4. The van der Waals surface area contributed by atoms with E-state index in [0.717, 1.165) is 43.5 Å². The first-order valence-corrected chi connectivity index (χ1v) is 7.60. The minimum Gasteiger partial charge on any atom is -0.490 e. The molecule has 2 rings (SSSR count). The van der Waals surface area contributed by atoms with Crippen LogP contribution in [0.1, 0.15) is 19.8 Å². The molecule has 0 saturated carbocycles. The maximum atomic E-state index is 5.86. The van der Waals surface area contributed by atoms with Gasteiger partial charge in [-0.25, -0.2) is 0 Å². The number of hydrogen-bond acceptors (Lipinski definition) is 4. The molecule has 112 valence electrons. The number of hydrogen-bond donors (Lipinski definition) is 1. The number of likely N-dealkylation sites (tertiary alicyclic amines) is 1. The summed E-state index contributed by atoms with van der Waals surface area (Å²) in [6.45, 7) is 7.46. The van der Waals surface area contributed by atoms with Crippen molar-refractivity contribution in [3.8, 4) is 11.5 Å². The summed E-state index contributed by atoms with van der Waals surface area (Å²) in [6.07, 6.45) is 2.41. The Bertz CT molecular complexity index is 398. The van der Waals surface area contributed by atoms with Gasteiger partial charge in [0.05, 0.1) is 6.61 Å². The average molecular weight is 278 g/mol. The molecule has 1 aromatic carbocycles. The van der Waals surface area contributed by atoms with Gasteiger partial charge in [0, 0.05) is 13.1 Å². The molecule has 0 radical (unpaired) electrons. The van der Waals surface area contributed by atoms with Crippen molar-refractivity contribution >= 4 is 0 Å². The van der Waals surface area contributed by atoms with Crippen molar-refractivity contribution in [1.82, 2.24) is 4.90 Å². The van der Waals surface area contributed by atoms with Gasteiger partial charge in [-0.05, 0) is 50.9 Å². The Balaban J connectivity index is 1.73. The molecule has 4 heteroatoms. The zero-order chi connectivity index (χ0) is 14.2. The molecular formula is C16H26N2O2. The summed E-state index contributed by atoms with van der Waals surface area (Å²) in [5, 5.41) is 0. The normalized spacial score (nSPS) is 19.2. The number of rotatable bonds is 8. The van der Waals surface area contributed by atoms with Crippen molar-refractivity contribution in [2.24, 2.45) is 11.7 Å². The third-order valence-corrected chi connectivity index (χ3v) is 3.76. The van der Waals surface area contributed by atoms with E-state index in [1.807, 2.05) is 31.2 Å². The molecule has 1 fully saturated rings. The highest BCUT2D eigenvalue weighted by Crippen LogP contribution is 2.26. The quantitative estimate of drug-likeness (QED) is 0.791. The predicted molar refractivity (Wildman–Crippen MR) is 81.3 cm³/mol. The van der Waals surface area contributed by atoms with Crippen LogP contribution in [-0.2, 0) is 0 Å². The Morgan fingerprint density at radius 2 is 2.00 bits per heavy atom. The van der Waals surface area contributed by atoms with Crippen LogP contribution < -0.4 is 15.2 Å². The molecule has 20 heavy (non-hydrogen) atoms. The van der Waals surface area contributed by atoms with Crippen molar-refractivity contribution in [2.45, 2.75) is 19.8 Å². The first kappa shape index (κ1) is 15.1. The van der Waals surface area contributed by atoms with Gasteiger partial charge in [-0.3, -0.25) is 4.90 Å². The maximum absolute atomic E-state index is 5.86. The van der Waals surface area contributed by atoms with E-state index in [1.165, 1.54) is 13.0 Å². The van der Waals surface area contributed by atoms with E-state index < -0.39 is 0 Å². The van der Waals surface area contributed by atoms with Crippen LogP contribution in [0.4, 0.5) is 0 Å². The summed E-state index contributed by atoms with van der Waals surface area (Å²) in [4.78, 5) is 2.46. The fourth-order valence-electron chi connectivity index (χ4n) is 2.72. The van der Waals surface area contributed by atoms with Crippen LogP contribution in [-0.4, -0.2) is 44.3 Å². The first-order valence-electron chi connectivity index (χ1n) is 7.60. The second-order valence-electron chi connectivity index (χ2n) is 5.26. The van der Waals surface area contributed by atoms with E-state index in [1.54, 1.807) is 0 Å². The summed E-state index contributed by atoms with van der Waals surface area (Å²) in [5.74, 6) is 2.44. The Labute approximate surface area is 121 Å². The van der Waals surface area contributed by atoms with Crippen molar-refractivity contribution in [3.05, 3.63) is 24.3 Å². The van der Waals surface area contributed by atoms with Crippen LogP contribution in [0.25, 0.3) is 0 Å². The van der Waals surface area contributed by atoms with Crippen LogP contribution >= 0.6 is 0 Å². The monoisotopic (exact) mass is 278 g/mol. The van der Waals surface area contributed by atoms with Crippen LogP contribution in [0.15, 0.2) is 24.3 Å². The van der Waals surface area contributed by atoms with Crippen molar-refractivity contribution in [2.75, 3.05) is 39.4 Å². The second kappa shape index (κ2) is 8.12. The molecule has 1 aliphatic heterocycles. The predicted octanol–water partition coefficient (Wildman–Crippen LogP) is 2.13. The van der Waals surface area contributed by atoms with Gasteiger partial charge in [0.25, 0.3) is 0 Å². The van der Waals surface area contributed by atoms with Crippen molar-refractivity contribution in [3.63, 3.8) is 0 Å². The van der Waals surface area contributed by atoms with Crippen LogP contribution in [0.5, 0.6) is 11.5 Å². The van der Waals surface area contributed by atoms with Gasteiger partial charge in [-0.2, -0.15) is 0 Å². The molecule has 1 unspecified atom stereocenters. The number of nitrogens with zero attached hydrogens (tertiary/aromatic N) is 1. The Hall–Kier alpha value is -1.26. The van der Waals surface area contributed by atoms with E-state index in [4.69, 9.17) is 15.2 Å². The summed E-state index contributed by atoms with van der Waals surface area (Å²) < 4.78 is 11.4. The molecule has 0 spiro atoms. The molecule has 0 bridgehead atoms. The molecule has 1 atom stereocenters. The number of benzene rings is 1. The van der Waals surface area contributed by atoms with Gasteiger partial charge in [-0.1, -0.05) is 12.1 Å². The van der Waals surface area contributed by atoms with Gasteiger partial charge in [0.15, 0.2) is 11.5 Å². The maximum Gasteiger partial charge on any atom is 0.161 e. The highest BCUT2D eigenvalue weighted by atomic mass is 16.5. The lowest BCUT2D eigenvalue weighted by atomic mass is 10.1. The fraction of sp³-hybridized carbons (Fsp3) is 0.625. The van der Waals surface area contributed by atoms with E-state index in [-0.39, 0.29) is 0 Å². The third-order valence-electron chi connectivity index (χ3n) is 3.76. The van der Waals surface area contributed by atoms with Gasteiger partial charge in [-0.15, -0.1) is 0 Å². The summed E-state index contributed by atoms with van der Waals surface area (Å²) in [5.41, 5.74) is 5.62. The molecule has 1 aliphatic rings. The third kappa shape index (κ3) is 4.39. The van der Waals surface area contributed by atoms with Gasteiger partial charge >= 0.3 is 0 Å². The minimum absolute atomic E-state index is 0.660. The van der Waals surface area contributed by atoms with Crippen molar-refractivity contribution < 1.29 is 9.47 Å². The van der Waals surface area contributed by atoms with E-state index in [2.05, 4.69) is 4.90 Å².